The van der Waals surface area contributed by atoms with Gasteiger partial charge in [0, 0.05) is 13.2 Å². The molecule has 0 aliphatic heterocycles. The summed E-state index contributed by atoms with van der Waals surface area (Å²) < 4.78 is 5.88. The fraction of sp³-hybridized carbons (Fsp3) is 1.00. The van der Waals surface area contributed by atoms with Crippen molar-refractivity contribution < 1.29 is 9.84 Å². The van der Waals surface area contributed by atoms with E-state index in [1.807, 2.05) is 0 Å². The van der Waals surface area contributed by atoms with Gasteiger partial charge in [0.2, 0.25) is 0 Å². The molecule has 2 nitrogen and oxygen atoms in total. The standard InChI is InChI=1S/C13H26O2/c1-11(2)12-5-7-13(3,8-6-12)15-10-4-9-14/h11-12,14H,4-10H2,1-3H3. The average Bonchev–Trinajstić information content (AvgIpc) is 2.18. The summed E-state index contributed by atoms with van der Waals surface area (Å²) in [7, 11) is 0. The molecule has 1 N–H and O–H groups in total. The van der Waals surface area contributed by atoms with Crippen molar-refractivity contribution in [3.05, 3.63) is 0 Å². The van der Waals surface area contributed by atoms with Gasteiger partial charge in [0.1, 0.15) is 0 Å². The average molecular weight is 214 g/mol. The van der Waals surface area contributed by atoms with Crippen molar-refractivity contribution in [3.8, 4) is 0 Å². The Labute approximate surface area is 94.0 Å². The molecule has 90 valence electrons. The fourth-order valence-electron chi connectivity index (χ4n) is 2.44. The Balaban J connectivity index is 2.27. The highest BCUT2D eigenvalue weighted by molar-refractivity contribution is 4.84. The van der Waals surface area contributed by atoms with E-state index in [-0.39, 0.29) is 12.2 Å². The van der Waals surface area contributed by atoms with Gasteiger partial charge in [-0.1, -0.05) is 13.8 Å². The summed E-state index contributed by atoms with van der Waals surface area (Å²) in [6.45, 7) is 7.81. The first-order chi connectivity index (χ1) is 7.07. The molecule has 15 heavy (non-hydrogen) atoms. The fourth-order valence-corrected chi connectivity index (χ4v) is 2.44. The molecule has 0 amide bonds. The van der Waals surface area contributed by atoms with E-state index in [0.717, 1.165) is 18.3 Å². The summed E-state index contributed by atoms with van der Waals surface area (Å²) >= 11 is 0. The molecule has 2 heteroatoms. The van der Waals surface area contributed by atoms with Gasteiger partial charge in [-0.15, -0.1) is 0 Å². The predicted octanol–water partition coefficient (Wildman–Crippen LogP) is 2.99. The SMILES string of the molecule is CC(C)C1CCC(C)(OCCCO)CC1. The van der Waals surface area contributed by atoms with Gasteiger partial charge >= 0.3 is 0 Å². The van der Waals surface area contributed by atoms with Gasteiger partial charge in [0.05, 0.1) is 5.60 Å². The quantitative estimate of drug-likeness (QED) is 0.713. The van der Waals surface area contributed by atoms with E-state index in [1.54, 1.807) is 0 Å². The molecule has 1 saturated carbocycles. The van der Waals surface area contributed by atoms with Crippen LogP contribution < -0.4 is 0 Å². The molecule has 0 aromatic heterocycles. The third-order valence-electron chi connectivity index (χ3n) is 3.78. The lowest BCUT2D eigenvalue weighted by atomic mass is 9.75. The molecule has 0 atom stereocenters. The molecule has 0 unspecified atom stereocenters. The lowest BCUT2D eigenvalue weighted by Gasteiger charge is -2.38. The van der Waals surface area contributed by atoms with E-state index in [4.69, 9.17) is 9.84 Å². The van der Waals surface area contributed by atoms with Crippen LogP contribution in [0, 0.1) is 11.8 Å². The lowest BCUT2D eigenvalue weighted by Crippen LogP contribution is -2.35. The van der Waals surface area contributed by atoms with Gasteiger partial charge in [-0.25, -0.2) is 0 Å². The predicted molar refractivity (Wildman–Crippen MR) is 62.9 cm³/mol. The Morgan fingerprint density at radius 3 is 2.40 bits per heavy atom. The third kappa shape index (κ3) is 4.12. The monoisotopic (exact) mass is 214 g/mol. The van der Waals surface area contributed by atoms with Crippen molar-refractivity contribution in [1.82, 2.24) is 0 Å². The zero-order valence-electron chi connectivity index (χ0n) is 10.5. The van der Waals surface area contributed by atoms with Gasteiger partial charge in [-0.3, -0.25) is 0 Å². The number of rotatable bonds is 5. The van der Waals surface area contributed by atoms with Crippen molar-refractivity contribution in [1.29, 1.82) is 0 Å². The molecule has 0 radical (unpaired) electrons. The minimum absolute atomic E-state index is 0.0839. The van der Waals surface area contributed by atoms with Crippen LogP contribution in [0.5, 0.6) is 0 Å². The van der Waals surface area contributed by atoms with Gasteiger partial charge in [-0.2, -0.15) is 0 Å². The molecule has 0 spiro atoms. The van der Waals surface area contributed by atoms with Crippen molar-refractivity contribution >= 4 is 0 Å². The summed E-state index contributed by atoms with van der Waals surface area (Å²) in [6.07, 6.45) is 5.73. The highest BCUT2D eigenvalue weighted by atomic mass is 16.5. The summed E-state index contributed by atoms with van der Waals surface area (Å²) in [5.41, 5.74) is 0.0839. The number of hydrogen-bond donors (Lipinski definition) is 1. The second kappa shape index (κ2) is 5.86. The van der Waals surface area contributed by atoms with Crippen LogP contribution in [-0.4, -0.2) is 23.9 Å². The van der Waals surface area contributed by atoms with Crippen molar-refractivity contribution in [3.63, 3.8) is 0 Å². The van der Waals surface area contributed by atoms with Crippen molar-refractivity contribution in [2.45, 2.75) is 58.5 Å². The van der Waals surface area contributed by atoms with Gasteiger partial charge < -0.3 is 9.84 Å². The normalized spacial score (nSPS) is 32.2. The first-order valence-corrected chi connectivity index (χ1v) is 6.32. The smallest absolute Gasteiger partial charge is 0.0654 e. The molecular formula is C13H26O2. The van der Waals surface area contributed by atoms with Crippen LogP contribution in [0.2, 0.25) is 0 Å². The Morgan fingerprint density at radius 2 is 1.93 bits per heavy atom. The van der Waals surface area contributed by atoms with E-state index < -0.39 is 0 Å². The maximum atomic E-state index is 8.71. The van der Waals surface area contributed by atoms with Crippen LogP contribution in [0.1, 0.15) is 52.9 Å². The second-order valence-electron chi connectivity index (χ2n) is 5.46. The van der Waals surface area contributed by atoms with E-state index in [1.165, 1.54) is 25.7 Å². The van der Waals surface area contributed by atoms with E-state index in [0.29, 0.717) is 6.61 Å². The topological polar surface area (TPSA) is 29.5 Å². The van der Waals surface area contributed by atoms with Crippen LogP contribution in [0.4, 0.5) is 0 Å². The van der Waals surface area contributed by atoms with E-state index >= 15 is 0 Å². The van der Waals surface area contributed by atoms with Crippen LogP contribution in [-0.2, 0) is 4.74 Å². The molecule has 0 saturated heterocycles. The number of aliphatic hydroxyl groups is 1. The first kappa shape index (κ1) is 13.0. The maximum absolute atomic E-state index is 8.71. The second-order valence-corrected chi connectivity index (χ2v) is 5.46. The lowest BCUT2D eigenvalue weighted by molar-refractivity contribution is -0.0710. The molecule has 0 aromatic rings. The molecular weight excluding hydrogens is 188 g/mol. The van der Waals surface area contributed by atoms with Crippen LogP contribution in [0.15, 0.2) is 0 Å². The Bertz CT molecular complexity index is 169. The number of hydrogen-bond acceptors (Lipinski definition) is 2. The largest absolute Gasteiger partial charge is 0.396 e. The summed E-state index contributed by atoms with van der Waals surface area (Å²) in [6, 6.07) is 0. The molecule has 0 heterocycles. The molecule has 1 fully saturated rings. The summed E-state index contributed by atoms with van der Waals surface area (Å²) in [4.78, 5) is 0. The van der Waals surface area contributed by atoms with E-state index in [9.17, 15) is 0 Å². The minimum atomic E-state index is 0.0839. The Morgan fingerprint density at radius 1 is 1.33 bits per heavy atom. The summed E-state index contributed by atoms with van der Waals surface area (Å²) in [5, 5.41) is 8.71. The van der Waals surface area contributed by atoms with Gasteiger partial charge in [0.25, 0.3) is 0 Å². The molecule has 0 aromatic carbocycles. The van der Waals surface area contributed by atoms with Crippen LogP contribution >= 0.6 is 0 Å². The van der Waals surface area contributed by atoms with Crippen molar-refractivity contribution in [2.75, 3.05) is 13.2 Å². The maximum Gasteiger partial charge on any atom is 0.0654 e. The van der Waals surface area contributed by atoms with Gasteiger partial charge in [0.15, 0.2) is 0 Å². The number of aliphatic hydroxyl groups excluding tert-OH is 1. The highest BCUT2D eigenvalue weighted by Crippen LogP contribution is 2.37. The Kier molecular flexibility index (Phi) is 5.07. The first-order valence-electron chi connectivity index (χ1n) is 6.32. The van der Waals surface area contributed by atoms with Crippen LogP contribution in [0.25, 0.3) is 0 Å². The molecule has 1 aliphatic rings. The molecule has 1 aliphatic carbocycles. The highest BCUT2D eigenvalue weighted by Gasteiger charge is 2.32. The summed E-state index contributed by atoms with van der Waals surface area (Å²) in [5.74, 6) is 1.70. The molecule has 0 bridgehead atoms. The number of ether oxygens (including phenoxy) is 1. The Hall–Kier alpha value is -0.0800. The zero-order valence-corrected chi connectivity index (χ0v) is 10.5. The zero-order chi connectivity index (χ0) is 11.3. The van der Waals surface area contributed by atoms with Crippen LogP contribution in [0.3, 0.4) is 0 Å². The van der Waals surface area contributed by atoms with Gasteiger partial charge in [-0.05, 0) is 50.9 Å². The van der Waals surface area contributed by atoms with E-state index in [2.05, 4.69) is 20.8 Å². The van der Waals surface area contributed by atoms with Crippen molar-refractivity contribution in [2.24, 2.45) is 11.8 Å². The molecule has 1 rings (SSSR count). The minimum Gasteiger partial charge on any atom is -0.396 e. The third-order valence-corrected chi connectivity index (χ3v) is 3.78.